The third-order valence-corrected chi connectivity index (χ3v) is 2.82. The molecule has 0 saturated carbocycles. The van der Waals surface area contributed by atoms with Gasteiger partial charge in [-0.05, 0) is 26.0 Å². The first-order chi connectivity index (χ1) is 9.67. The molecule has 0 aliphatic heterocycles. The summed E-state index contributed by atoms with van der Waals surface area (Å²) in [6.45, 7) is 3.73. The van der Waals surface area contributed by atoms with E-state index in [1.54, 1.807) is 6.20 Å². The number of aromatic nitrogens is 3. The highest BCUT2D eigenvalue weighted by Gasteiger charge is 2.17. The molecule has 20 heavy (non-hydrogen) atoms. The summed E-state index contributed by atoms with van der Waals surface area (Å²) in [5.41, 5.74) is 2.11. The maximum Gasteiger partial charge on any atom is 0.316 e. The molecule has 0 saturated heterocycles. The van der Waals surface area contributed by atoms with E-state index in [-0.39, 0.29) is 6.01 Å². The fraction of sp³-hybridized carbons (Fsp3) is 0.214. The Morgan fingerprint density at radius 1 is 1.15 bits per heavy atom. The van der Waals surface area contributed by atoms with Crippen LogP contribution >= 0.6 is 0 Å². The fourth-order valence-electron chi connectivity index (χ4n) is 1.88. The van der Waals surface area contributed by atoms with Gasteiger partial charge in [-0.2, -0.15) is 4.98 Å². The van der Waals surface area contributed by atoms with Crippen molar-refractivity contribution in [3.05, 3.63) is 35.9 Å². The summed E-state index contributed by atoms with van der Waals surface area (Å²) in [5.74, 6) is 2.03. The first kappa shape index (κ1) is 12.4. The van der Waals surface area contributed by atoms with Crippen LogP contribution in [0.25, 0.3) is 22.8 Å². The van der Waals surface area contributed by atoms with Crippen LogP contribution in [-0.2, 0) is 0 Å². The Hall–Kier alpha value is -2.63. The highest BCUT2D eigenvalue weighted by Crippen LogP contribution is 2.32. The maximum atomic E-state index is 5.63. The average Bonchev–Trinajstić information content (AvgIpc) is 3.07. The van der Waals surface area contributed by atoms with Crippen molar-refractivity contribution in [2.75, 3.05) is 7.11 Å². The lowest BCUT2D eigenvalue weighted by Gasteiger charge is -2.05. The molecule has 0 aliphatic rings. The summed E-state index contributed by atoms with van der Waals surface area (Å²) in [6.07, 6.45) is 1.64. The van der Waals surface area contributed by atoms with Gasteiger partial charge in [0.25, 0.3) is 0 Å². The zero-order valence-electron chi connectivity index (χ0n) is 11.4. The number of hydrogen-bond acceptors (Lipinski definition) is 6. The Morgan fingerprint density at radius 3 is 2.60 bits per heavy atom. The van der Waals surface area contributed by atoms with Gasteiger partial charge in [0, 0.05) is 12.3 Å². The van der Waals surface area contributed by atoms with Gasteiger partial charge in [-0.25, -0.2) is 4.98 Å². The van der Waals surface area contributed by atoms with Crippen molar-refractivity contribution in [2.24, 2.45) is 0 Å². The van der Waals surface area contributed by atoms with Crippen LogP contribution in [0.3, 0.4) is 0 Å². The quantitative estimate of drug-likeness (QED) is 0.729. The summed E-state index contributed by atoms with van der Waals surface area (Å²) < 4.78 is 16.0. The smallest absolute Gasteiger partial charge is 0.316 e. The Balaban J connectivity index is 2.18. The minimum Gasteiger partial charge on any atom is -0.467 e. The molecule has 3 heterocycles. The van der Waals surface area contributed by atoms with Gasteiger partial charge < -0.3 is 13.7 Å². The fourth-order valence-corrected chi connectivity index (χ4v) is 1.88. The van der Waals surface area contributed by atoms with E-state index in [2.05, 4.69) is 15.1 Å². The number of methoxy groups -OCH3 is 1. The number of hydrogen-bond donors (Lipinski definition) is 0. The molecule has 0 spiro atoms. The Morgan fingerprint density at radius 2 is 2.00 bits per heavy atom. The van der Waals surface area contributed by atoms with Crippen LogP contribution in [0.5, 0.6) is 6.01 Å². The summed E-state index contributed by atoms with van der Waals surface area (Å²) >= 11 is 0. The molecule has 0 fully saturated rings. The molecule has 0 radical (unpaired) electrons. The van der Waals surface area contributed by atoms with Gasteiger partial charge in [-0.3, -0.25) is 0 Å². The van der Waals surface area contributed by atoms with E-state index >= 15 is 0 Å². The predicted molar refractivity (Wildman–Crippen MR) is 71.3 cm³/mol. The monoisotopic (exact) mass is 271 g/mol. The standard InChI is InChI=1S/C14H13N3O3/c1-8-6-12(20-17-8)10-7-15-14(18-3)16-13(10)11-5-4-9(2)19-11/h4-7H,1-3H3. The van der Waals surface area contributed by atoms with Crippen molar-refractivity contribution in [3.8, 4) is 28.8 Å². The van der Waals surface area contributed by atoms with E-state index in [4.69, 9.17) is 13.7 Å². The molecular formula is C14H13N3O3. The molecule has 0 atom stereocenters. The summed E-state index contributed by atoms with van der Waals surface area (Å²) in [7, 11) is 1.52. The van der Waals surface area contributed by atoms with Crippen molar-refractivity contribution in [2.45, 2.75) is 13.8 Å². The van der Waals surface area contributed by atoms with Gasteiger partial charge in [0.1, 0.15) is 11.5 Å². The second kappa shape index (κ2) is 4.80. The van der Waals surface area contributed by atoms with Crippen LogP contribution in [0, 0.1) is 13.8 Å². The van der Waals surface area contributed by atoms with Gasteiger partial charge in [0.15, 0.2) is 11.5 Å². The summed E-state index contributed by atoms with van der Waals surface area (Å²) in [6, 6.07) is 5.82. The van der Waals surface area contributed by atoms with Crippen molar-refractivity contribution in [1.82, 2.24) is 15.1 Å². The van der Waals surface area contributed by atoms with E-state index in [0.29, 0.717) is 22.8 Å². The lowest BCUT2D eigenvalue weighted by Crippen LogP contribution is -1.95. The van der Waals surface area contributed by atoms with Crippen LogP contribution in [0.15, 0.2) is 33.3 Å². The third kappa shape index (κ3) is 2.16. The zero-order chi connectivity index (χ0) is 14.1. The molecule has 0 amide bonds. The van der Waals surface area contributed by atoms with Gasteiger partial charge in [0.2, 0.25) is 0 Å². The number of rotatable bonds is 3. The predicted octanol–water partition coefficient (Wildman–Crippen LogP) is 3.02. The van der Waals surface area contributed by atoms with Crippen LogP contribution in [-0.4, -0.2) is 22.2 Å². The number of nitrogens with zero attached hydrogens (tertiary/aromatic N) is 3. The highest BCUT2D eigenvalue weighted by molar-refractivity contribution is 5.75. The molecule has 0 aromatic carbocycles. The van der Waals surface area contributed by atoms with Crippen LogP contribution in [0.4, 0.5) is 0 Å². The van der Waals surface area contributed by atoms with E-state index < -0.39 is 0 Å². The largest absolute Gasteiger partial charge is 0.467 e. The molecule has 0 unspecified atom stereocenters. The van der Waals surface area contributed by atoms with Gasteiger partial charge in [-0.1, -0.05) is 5.16 Å². The second-order valence-corrected chi connectivity index (χ2v) is 4.36. The lowest BCUT2D eigenvalue weighted by atomic mass is 10.1. The van der Waals surface area contributed by atoms with E-state index in [0.717, 1.165) is 11.5 Å². The van der Waals surface area contributed by atoms with Crippen molar-refractivity contribution >= 4 is 0 Å². The first-order valence-electron chi connectivity index (χ1n) is 6.09. The van der Waals surface area contributed by atoms with Crippen LogP contribution < -0.4 is 4.74 Å². The van der Waals surface area contributed by atoms with Crippen molar-refractivity contribution in [1.29, 1.82) is 0 Å². The molecule has 3 rings (SSSR count). The molecule has 3 aromatic rings. The summed E-state index contributed by atoms with van der Waals surface area (Å²) in [5, 5.41) is 3.88. The number of furan rings is 1. The van der Waals surface area contributed by atoms with E-state index in [1.165, 1.54) is 7.11 Å². The highest BCUT2D eigenvalue weighted by atomic mass is 16.5. The van der Waals surface area contributed by atoms with Crippen LogP contribution in [0.1, 0.15) is 11.5 Å². The van der Waals surface area contributed by atoms with Gasteiger partial charge in [0.05, 0.1) is 18.4 Å². The van der Waals surface area contributed by atoms with Crippen molar-refractivity contribution < 1.29 is 13.7 Å². The SMILES string of the molecule is COc1ncc(-c2cc(C)no2)c(-c2ccc(C)o2)n1. The summed E-state index contributed by atoms with van der Waals surface area (Å²) in [4.78, 5) is 8.46. The molecule has 0 N–H and O–H groups in total. The lowest BCUT2D eigenvalue weighted by molar-refractivity contribution is 0.379. The second-order valence-electron chi connectivity index (χ2n) is 4.36. The molecule has 6 nitrogen and oxygen atoms in total. The topological polar surface area (TPSA) is 74.2 Å². The molecule has 0 aliphatic carbocycles. The van der Waals surface area contributed by atoms with E-state index in [9.17, 15) is 0 Å². The average molecular weight is 271 g/mol. The third-order valence-electron chi connectivity index (χ3n) is 2.82. The van der Waals surface area contributed by atoms with Gasteiger partial charge in [-0.15, -0.1) is 0 Å². The van der Waals surface area contributed by atoms with Gasteiger partial charge >= 0.3 is 6.01 Å². The maximum absolute atomic E-state index is 5.63. The molecule has 102 valence electrons. The zero-order valence-corrected chi connectivity index (χ0v) is 11.4. The molecule has 0 bridgehead atoms. The van der Waals surface area contributed by atoms with Crippen LogP contribution in [0.2, 0.25) is 0 Å². The number of ether oxygens (including phenoxy) is 1. The molecule has 6 heteroatoms. The minimum absolute atomic E-state index is 0.272. The molecular weight excluding hydrogens is 258 g/mol. The molecule has 3 aromatic heterocycles. The number of aryl methyl sites for hydroxylation is 2. The Bertz CT molecular complexity index is 746. The Labute approximate surface area is 115 Å². The van der Waals surface area contributed by atoms with Crippen molar-refractivity contribution in [3.63, 3.8) is 0 Å². The Kier molecular flexibility index (Phi) is 2.98. The minimum atomic E-state index is 0.272. The first-order valence-corrected chi connectivity index (χ1v) is 6.09. The normalized spacial score (nSPS) is 10.8. The van der Waals surface area contributed by atoms with E-state index in [1.807, 2.05) is 32.0 Å².